The Morgan fingerprint density at radius 3 is 2.50 bits per heavy atom. The number of rotatable bonds is 0. The van der Waals surface area contributed by atoms with E-state index >= 15 is 0 Å². The summed E-state index contributed by atoms with van der Waals surface area (Å²) in [6.45, 7) is 0. The van der Waals surface area contributed by atoms with E-state index in [0.717, 1.165) is 12.8 Å². The standard InChI is InChI=1S/C6H7/c1-2-4-6-5-3-1/h1-2,5H,3-4H2. The van der Waals surface area contributed by atoms with Crippen molar-refractivity contribution in [2.45, 2.75) is 12.8 Å². The molecule has 0 aromatic carbocycles. The van der Waals surface area contributed by atoms with Gasteiger partial charge in [0.25, 0.3) is 0 Å². The topological polar surface area (TPSA) is 0 Å². The molecule has 1 rings (SSSR count). The van der Waals surface area contributed by atoms with E-state index in [0.29, 0.717) is 0 Å². The maximum absolute atomic E-state index is 3.07. The van der Waals surface area contributed by atoms with Crippen molar-refractivity contribution >= 4 is 0 Å². The molecule has 31 valence electrons. The lowest BCUT2D eigenvalue weighted by Crippen LogP contribution is -1.67. The summed E-state index contributed by atoms with van der Waals surface area (Å²) in [5.74, 6) is 0. The molecular weight excluding hydrogens is 72.1 g/mol. The first kappa shape index (κ1) is 3.66. The highest BCUT2D eigenvalue weighted by Gasteiger charge is 1.76. The Morgan fingerprint density at radius 1 is 1.33 bits per heavy atom. The molecule has 0 aliphatic heterocycles. The second-order valence-electron chi connectivity index (χ2n) is 1.32. The summed E-state index contributed by atoms with van der Waals surface area (Å²) in [6, 6.07) is 0. The number of allylic oxidation sites excluding steroid dienone is 4. The highest BCUT2D eigenvalue weighted by molar-refractivity contribution is 4.98. The summed E-state index contributed by atoms with van der Waals surface area (Å²) < 4.78 is 0. The van der Waals surface area contributed by atoms with Crippen LogP contribution < -0.4 is 0 Å². The van der Waals surface area contributed by atoms with Gasteiger partial charge in [0.05, 0.1) is 0 Å². The Bertz CT molecular complexity index is 58.0. The van der Waals surface area contributed by atoms with Crippen LogP contribution in [0.2, 0.25) is 0 Å². The third-order valence-corrected chi connectivity index (χ3v) is 0.801. The molecule has 0 fully saturated rings. The van der Waals surface area contributed by atoms with E-state index in [1.54, 1.807) is 0 Å². The minimum Gasteiger partial charge on any atom is -0.0844 e. The Balaban J connectivity index is 2.40. The fraction of sp³-hybridized carbons (Fsp3) is 0.333. The van der Waals surface area contributed by atoms with Gasteiger partial charge in [-0.3, -0.25) is 0 Å². The van der Waals surface area contributed by atoms with Gasteiger partial charge in [0.1, 0.15) is 0 Å². The van der Waals surface area contributed by atoms with Crippen LogP contribution in [0.4, 0.5) is 0 Å². The normalized spacial score (nSPS) is 18.7. The van der Waals surface area contributed by atoms with Crippen molar-refractivity contribution in [1.29, 1.82) is 0 Å². The maximum atomic E-state index is 3.07. The second kappa shape index (κ2) is 1.81. The molecule has 0 heteroatoms. The van der Waals surface area contributed by atoms with Gasteiger partial charge >= 0.3 is 0 Å². The fourth-order valence-electron chi connectivity index (χ4n) is 0.482. The summed E-state index contributed by atoms with van der Waals surface area (Å²) in [4.78, 5) is 0. The Hall–Kier alpha value is -0.520. The molecule has 0 atom stereocenters. The zero-order chi connectivity index (χ0) is 4.24. The van der Waals surface area contributed by atoms with Crippen LogP contribution in [-0.2, 0) is 0 Å². The van der Waals surface area contributed by atoms with Crippen molar-refractivity contribution in [2.75, 3.05) is 0 Å². The monoisotopic (exact) mass is 79.1 g/mol. The molecule has 0 unspecified atom stereocenters. The largest absolute Gasteiger partial charge is 0.0844 e. The Morgan fingerprint density at radius 2 is 2.33 bits per heavy atom. The molecule has 0 heterocycles. The van der Waals surface area contributed by atoms with Crippen LogP contribution in [-0.4, -0.2) is 0 Å². The summed E-state index contributed by atoms with van der Waals surface area (Å²) in [6.07, 6.45) is 11.5. The lowest BCUT2D eigenvalue weighted by Gasteiger charge is -1.86. The lowest BCUT2D eigenvalue weighted by molar-refractivity contribution is 1.20. The predicted octanol–water partition coefficient (Wildman–Crippen LogP) is 1.70. The minimum absolute atomic E-state index is 1.01. The van der Waals surface area contributed by atoms with Crippen LogP contribution in [0.5, 0.6) is 0 Å². The van der Waals surface area contributed by atoms with E-state index in [1.165, 1.54) is 0 Å². The van der Waals surface area contributed by atoms with Crippen molar-refractivity contribution < 1.29 is 0 Å². The van der Waals surface area contributed by atoms with Gasteiger partial charge in [-0.15, -0.1) is 0 Å². The molecule has 0 saturated carbocycles. The zero-order valence-electron chi connectivity index (χ0n) is 3.65. The summed E-state index contributed by atoms with van der Waals surface area (Å²) in [5.41, 5.74) is 0. The maximum Gasteiger partial charge on any atom is -0.00977 e. The molecular formula is C6H7. The van der Waals surface area contributed by atoms with Crippen LogP contribution in [0.1, 0.15) is 12.8 Å². The summed E-state index contributed by atoms with van der Waals surface area (Å²) >= 11 is 0. The fourth-order valence-corrected chi connectivity index (χ4v) is 0.482. The Labute approximate surface area is 38.2 Å². The van der Waals surface area contributed by atoms with Gasteiger partial charge in [0, 0.05) is 0 Å². The molecule has 0 amide bonds. The zero-order valence-corrected chi connectivity index (χ0v) is 3.65. The van der Waals surface area contributed by atoms with Crippen molar-refractivity contribution in [1.82, 2.24) is 0 Å². The highest BCUT2D eigenvalue weighted by Crippen LogP contribution is 1.95. The molecule has 0 saturated heterocycles. The number of hydrogen-bond acceptors (Lipinski definition) is 0. The van der Waals surface area contributed by atoms with E-state index in [9.17, 15) is 0 Å². The van der Waals surface area contributed by atoms with Gasteiger partial charge in [-0.05, 0) is 18.9 Å². The van der Waals surface area contributed by atoms with E-state index in [1.807, 2.05) is 0 Å². The molecule has 0 aromatic rings. The molecule has 0 spiro atoms. The van der Waals surface area contributed by atoms with Crippen molar-refractivity contribution in [3.05, 3.63) is 24.3 Å². The number of hydrogen-bond donors (Lipinski definition) is 0. The van der Waals surface area contributed by atoms with Gasteiger partial charge in [-0.2, -0.15) is 0 Å². The van der Waals surface area contributed by atoms with Gasteiger partial charge in [0.15, 0.2) is 0 Å². The average molecular weight is 79.1 g/mol. The van der Waals surface area contributed by atoms with E-state index < -0.39 is 0 Å². The SMILES string of the molecule is [C]1=CCC=CC1. The smallest absolute Gasteiger partial charge is 0.00977 e. The van der Waals surface area contributed by atoms with E-state index in [4.69, 9.17) is 0 Å². The first-order chi connectivity index (χ1) is 3.00. The molecule has 0 aromatic heterocycles. The molecule has 1 aliphatic carbocycles. The average Bonchev–Trinajstić information content (AvgIpc) is 1.72. The van der Waals surface area contributed by atoms with Gasteiger partial charge in [-0.25, -0.2) is 0 Å². The molecule has 6 heavy (non-hydrogen) atoms. The molecule has 1 aliphatic rings. The summed E-state index contributed by atoms with van der Waals surface area (Å²) in [5, 5.41) is 0. The van der Waals surface area contributed by atoms with Crippen LogP contribution in [0.25, 0.3) is 0 Å². The van der Waals surface area contributed by atoms with Crippen LogP contribution in [0.3, 0.4) is 0 Å². The highest BCUT2D eigenvalue weighted by atomic mass is 13.8. The van der Waals surface area contributed by atoms with Gasteiger partial charge < -0.3 is 0 Å². The minimum atomic E-state index is 1.01. The van der Waals surface area contributed by atoms with Crippen LogP contribution >= 0.6 is 0 Å². The third kappa shape index (κ3) is 0.713. The third-order valence-electron chi connectivity index (χ3n) is 0.801. The van der Waals surface area contributed by atoms with Gasteiger partial charge in [0.2, 0.25) is 0 Å². The molecule has 0 nitrogen and oxygen atoms in total. The molecule has 1 radical (unpaired) electrons. The second-order valence-corrected chi connectivity index (χ2v) is 1.32. The van der Waals surface area contributed by atoms with E-state index in [-0.39, 0.29) is 0 Å². The molecule has 0 N–H and O–H groups in total. The van der Waals surface area contributed by atoms with Crippen LogP contribution in [0.15, 0.2) is 18.2 Å². The molecule has 0 bridgehead atoms. The van der Waals surface area contributed by atoms with Crippen molar-refractivity contribution in [3.8, 4) is 0 Å². The first-order valence-electron chi connectivity index (χ1n) is 2.20. The van der Waals surface area contributed by atoms with E-state index in [2.05, 4.69) is 24.3 Å². The van der Waals surface area contributed by atoms with Crippen LogP contribution in [0, 0.1) is 6.08 Å². The Kier molecular flexibility index (Phi) is 1.10. The van der Waals surface area contributed by atoms with Crippen molar-refractivity contribution in [3.63, 3.8) is 0 Å². The quantitative estimate of drug-likeness (QED) is 0.388. The lowest BCUT2D eigenvalue weighted by atomic mass is 10.2. The first-order valence-corrected chi connectivity index (χ1v) is 2.20. The summed E-state index contributed by atoms with van der Waals surface area (Å²) in [7, 11) is 0. The van der Waals surface area contributed by atoms with Gasteiger partial charge in [-0.1, -0.05) is 18.2 Å². The van der Waals surface area contributed by atoms with Crippen molar-refractivity contribution in [2.24, 2.45) is 0 Å². The predicted molar refractivity (Wildman–Crippen MR) is 26.2 cm³/mol.